The number of carbonyl (C=O) groups excluding carboxylic acids is 2. The van der Waals surface area contributed by atoms with Gasteiger partial charge in [0.1, 0.15) is 23.3 Å². The number of benzene rings is 1. The van der Waals surface area contributed by atoms with Crippen molar-refractivity contribution < 1.29 is 23.8 Å². The number of Topliss-reactive ketones (excluding diaryl/α,β-unsaturated/α-hetero) is 1. The SMILES string of the molecule is CCN(CC)CCN1C(=O)C(=O)/C(=C(\O)c2ccc(OC)cc2C)C1c1ccco1. The Labute approximate surface area is 176 Å². The first-order chi connectivity index (χ1) is 14.4. The molecule has 3 rings (SSSR count). The summed E-state index contributed by atoms with van der Waals surface area (Å²) in [7, 11) is 1.56. The van der Waals surface area contributed by atoms with Crippen molar-refractivity contribution >= 4 is 17.4 Å². The molecule has 160 valence electrons. The number of likely N-dealkylation sites (N-methyl/N-ethyl adjacent to an activating group) is 1. The Morgan fingerprint density at radius 2 is 1.97 bits per heavy atom. The van der Waals surface area contributed by atoms with E-state index in [-0.39, 0.29) is 11.3 Å². The first-order valence-electron chi connectivity index (χ1n) is 10.1. The minimum absolute atomic E-state index is 0.0442. The highest BCUT2D eigenvalue weighted by atomic mass is 16.5. The Morgan fingerprint density at radius 3 is 2.53 bits per heavy atom. The Hall–Kier alpha value is -3.06. The maximum Gasteiger partial charge on any atom is 0.295 e. The van der Waals surface area contributed by atoms with E-state index in [2.05, 4.69) is 4.90 Å². The monoisotopic (exact) mass is 412 g/mol. The van der Waals surface area contributed by atoms with Crippen molar-refractivity contribution in [2.75, 3.05) is 33.3 Å². The van der Waals surface area contributed by atoms with E-state index in [4.69, 9.17) is 9.15 Å². The van der Waals surface area contributed by atoms with Gasteiger partial charge >= 0.3 is 0 Å². The molecule has 2 heterocycles. The van der Waals surface area contributed by atoms with Gasteiger partial charge in [-0.1, -0.05) is 13.8 Å². The summed E-state index contributed by atoms with van der Waals surface area (Å²) in [6.45, 7) is 8.58. The van der Waals surface area contributed by atoms with E-state index in [0.29, 0.717) is 30.2 Å². The van der Waals surface area contributed by atoms with Gasteiger partial charge in [-0.3, -0.25) is 9.59 Å². The van der Waals surface area contributed by atoms with Crippen LogP contribution < -0.4 is 4.74 Å². The van der Waals surface area contributed by atoms with Crippen LogP contribution in [0.1, 0.15) is 36.8 Å². The van der Waals surface area contributed by atoms with Crippen LogP contribution in [0.3, 0.4) is 0 Å². The summed E-state index contributed by atoms with van der Waals surface area (Å²) in [4.78, 5) is 29.5. The summed E-state index contributed by atoms with van der Waals surface area (Å²) in [6, 6.07) is 7.82. The fraction of sp³-hybridized carbons (Fsp3) is 0.391. The number of ether oxygens (including phenoxy) is 1. The molecule has 2 aromatic rings. The van der Waals surface area contributed by atoms with Crippen molar-refractivity contribution in [3.05, 3.63) is 59.1 Å². The van der Waals surface area contributed by atoms with Crippen LogP contribution in [0.5, 0.6) is 5.75 Å². The van der Waals surface area contributed by atoms with Crippen molar-refractivity contribution in [1.29, 1.82) is 0 Å². The second-order valence-corrected chi connectivity index (χ2v) is 7.22. The number of ketones is 1. The first-order valence-corrected chi connectivity index (χ1v) is 10.1. The van der Waals surface area contributed by atoms with E-state index in [1.54, 1.807) is 37.4 Å². The predicted octanol–water partition coefficient (Wildman–Crippen LogP) is 3.36. The van der Waals surface area contributed by atoms with Crippen LogP contribution in [-0.4, -0.2) is 59.9 Å². The minimum atomic E-state index is -0.767. The number of hydrogen-bond donors (Lipinski definition) is 1. The molecular weight excluding hydrogens is 384 g/mol. The van der Waals surface area contributed by atoms with Crippen LogP contribution in [0.4, 0.5) is 0 Å². The number of rotatable bonds is 8. The van der Waals surface area contributed by atoms with Gasteiger partial charge in [0.2, 0.25) is 0 Å². The molecule has 1 aromatic heterocycles. The minimum Gasteiger partial charge on any atom is -0.507 e. The third kappa shape index (κ3) is 3.98. The van der Waals surface area contributed by atoms with Gasteiger partial charge in [-0.25, -0.2) is 0 Å². The summed E-state index contributed by atoms with van der Waals surface area (Å²) in [5, 5.41) is 11.1. The Balaban J connectivity index is 2.07. The maximum atomic E-state index is 13.0. The number of aryl methyl sites for hydroxylation is 1. The van der Waals surface area contributed by atoms with Crippen LogP contribution in [0, 0.1) is 6.92 Å². The molecule has 30 heavy (non-hydrogen) atoms. The molecule has 1 atom stereocenters. The maximum absolute atomic E-state index is 13.0. The molecule has 1 aliphatic heterocycles. The van der Waals surface area contributed by atoms with Gasteiger partial charge in [0.25, 0.3) is 11.7 Å². The molecule has 7 nitrogen and oxygen atoms in total. The molecule has 0 bridgehead atoms. The molecule has 1 aliphatic rings. The predicted molar refractivity (Wildman–Crippen MR) is 113 cm³/mol. The van der Waals surface area contributed by atoms with Gasteiger partial charge < -0.3 is 24.1 Å². The third-order valence-corrected chi connectivity index (χ3v) is 5.59. The Kier molecular flexibility index (Phi) is 6.62. The van der Waals surface area contributed by atoms with Crippen LogP contribution in [0.2, 0.25) is 0 Å². The summed E-state index contributed by atoms with van der Waals surface area (Å²) in [6.07, 6.45) is 1.50. The second kappa shape index (κ2) is 9.17. The number of likely N-dealkylation sites (tertiary alicyclic amines) is 1. The normalized spacial score (nSPS) is 18.4. The van der Waals surface area contributed by atoms with Gasteiger partial charge in [0.15, 0.2) is 0 Å². The number of nitrogens with zero attached hydrogens (tertiary/aromatic N) is 2. The number of aliphatic hydroxyl groups excluding tert-OH is 1. The quantitative estimate of drug-likeness (QED) is 0.407. The average Bonchev–Trinajstić information content (AvgIpc) is 3.36. The molecule has 0 saturated carbocycles. The fourth-order valence-electron chi connectivity index (χ4n) is 3.82. The second-order valence-electron chi connectivity index (χ2n) is 7.22. The van der Waals surface area contributed by atoms with E-state index < -0.39 is 17.7 Å². The molecular formula is C23H28N2O5. The van der Waals surface area contributed by atoms with E-state index in [9.17, 15) is 14.7 Å². The van der Waals surface area contributed by atoms with Gasteiger partial charge in [-0.05, 0) is 55.9 Å². The van der Waals surface area contributed by atoms with E-state index in [1.165, 1.54) is 11.2 Å². The highest BCUT2D eigenvalue weighted by molar-refractivity contribution is 6.46. The number of aliphatic hydroxyl groups is 1. The molecule has 1 amide bonds. The van der Waals surface area contributed by atoms with Gasteiger partial charge in [-0.2, -0.15) is 0 Å². The molecule has 0 aliphatic carbocycles. The zero-order chi connectivity index (χ0) is 21.8. The van der Waals surface area contributed by atoms with Crippen molar-refractivity contribution in [3.8, 4) is 5.75 Å². The summed E-state index contributed by atoms with van der Waals surface area (Å²) in [5.74, 6) is -0.451. The van der Waals surface area contributed by atoms with Crippen molar-refractivity contribution in [1.82, 2.24) is 9.80 Å². The Bertz CT molecular complexity index is 945. The van der Waals surface area contributed by atoms with E-state index >= 15 is 0 Å². The van der Waals surface area contributed by atoms with Crippen LogP contribution in [0.15, 0.2) is 46.6 Å². The Morgan fingerprint density at radius 1 is 1.23 bits per heavy atom. The summed E-state index contributed by atoms with van der Waals surface area (Å²) >= 11 is 0. The molecule has 7 heteroatoms. The van der Waals surface area contributed by atoms with E-state index in [1.807, 2.05) is 20.8 Å². The molecule has 1 fully saturated rings. The molecule has 1 aromatic carbocycles. The van der Waals surface area contributed by atoms with Gasteiger partial charge in [-0.15, -0.1) is 0 Å². The molecule has 1 N–H and O–H groups in total. The fourth-order valence-corrected chi connectivity index (χ4v) is 3.82. The van der Waals surface area contributed by atoms with Gasteiger partial charge in [0, 0.05) is 18.7 Å². The van der Waals surface area contributed by atoms with Crippen LogP contribution in [0.25, 0.3) is 5.76 Å². The summed E-state index contributed by atoms with van der Waals surface area (Å²) in [5.41, 5.74) is 1.26. The van der Waals surface area contributed by atoms with Crippen molar-refractivity contribution in [2.45, 2.75) is 26.8 Å². The lowest BCUT2D eigenvalue weighted by atomic mass is 9.97. The first kappa shape index (κ1) is 21.6. The highest BCUT2D eigenvalue weighted by Gasteiger charge is 2.47. The lowest BCUT2D eigenvalue weighted by molar-refractivity contribution is -0.140. The number of methoxy groups -OCH3 is 1. The van der Waals surface area contributed by atoms with Crippen molar-refractivity contribution in [3.63, 3.8) is 0 Å². The van der Waals surface area contributed by atoms with Crippen molar-refractivity contribution in [2.24, 2.45) is 0 Å². The van der Waals surface area contributed by atoms with Crippen LogP contribution in [-0.2, 0) is 9.59 Å². The third-order valence-electron chi connectivity index (χ3n) is 5.59. The topological polar surface area (TPSA) is 83.2 Å². The zero-order valence-corrected chi connectivity index (χ0v) is 17.8. The van der Waals surface area contributed by atoms with Crippen LogP contribution >= 0.6 is 0 Å². The average molecular weight is 412 g/mol. The highest BCUT2D eigenvalue weighted by Crippen LogP contribution is 2.40. The van der Waals surface area contributed by atoms with E-state index in [0.717, 1.165) is 18.7 Å². The summed E-state index contributed by atoms with van der Waals surface area (Å²) < 4.78 is 10.8. The number of carbonyl (C=O) groups is 2. The number of hydrogen-bond acceptors (Lipinski definition) is 6. The molecule has 1 saturated heterocycles. The zero-order valence-electron chi connectivity index (χ0n) is 17.8. The molecule has 0 spiro atoms. The smallest absolute Gasteiger partial charge is 0.295 e. The van der Waals surface area contributed by atoms with Gasteiger partial charge in [0.05, 0.1) is 18.9 Å². The standard InChI is InChI=1S/C23H28N2O5/c1-5-24(6-2)11-12-25-20(18-8-7-13-30-18)19(22(27)23(25)28)21(26)17-10-9-16(29-4)14-15(17)3/h7-10,13-14,20,26H,5-6,11-12H2,1-4H3/b21-19-. The molecule has 1 unspecified atom stereocenters. The number of furan rings is 1. The molecule has 0 radical (unpaired) electrons. The largest absolute Gasteiger partial charge is 0.507 e. The lowest BCUT2D eigenvalue weighted by Crippen LogP contribution is -2.37. The number of amides is 1. The lowest BCUT2D eigenvalue weighted by Gasteiger charge is -2.26.